The molecule has 4 rings (SSSR count). The molecule has 0 amide bonds. The molecule has 0 aliphatic carbocycles. The van der Waals surface area contributed by atoms with Crippen LogP contribution >= 0.6 is 23.6 Å². The van der Waals surface area contributed by atoms with Crippen LogP contribution in [0.2, 0.25) is 5.02 Å². The fourth-order valence-corrected chi connectivity index (χ4v) is 5.39. The lowest BCUT2D eigenvalue weighted by molar-refractivity contribution is -0.776. The summed E-state index contributed by atoms with van der Waals surface area (Å²) in [5.41, 5.74) is 7.11. The predicted molar refractivity (Wildman–Crippen MR) is 158 cm³/mol. The molecule has 2 heterocycles. The fourth-order valence-electron chi connectivity index (χ4n) is 4.93. The van der Waals surface area contributed by atoms with Crippen molar-refractivity contribution >= 4 is 58.1 Å². The number of nitrogens with two attached hydrogens (primary N) is 1. The Kier molecular flexibility index (Phi) is 10.2. The number of nitriles is 1. The number of carboxylic acids is 1. The van der Waals surface area contributed by atoms with Gasteiger partial charge in [0.2, 0.25) is 0 Å². The van der Waals surface area contributed by atoms with Crippen molar-refractivity contribution in [1.82, 2.24) is 4.57 Å². The zero-order chi connectivity index (χ0) is 32.9. The minimum atomic E-state index is -4.76. The zero-order valence-corrected chi connectivity index (χ0v) is 25.0. The standard InChI is InChI=1S/C29H22ClF3N6O5S/c1-18(28-36(2)22-8-7-19(16-35)13-23(22)39(28)17-27(40)41)5-3-4-6-26-37(10-9-34)25-15-21(30)20(29(31,32)33)14-24(25)38(26)11-12-45-44-43-42/h4,6-8,13-15H,3,5,17,34H2,1-2H3,(H-,40,41,42)/b6-4+,28-18-. The molecule has 0 atom stereocenters. The SMILES string of the molecule is C/C(CC/C=C/c1n(C#CSOO[O-])c2cc(C(F)(F)F)c(Cl)cc2[n+]1C#CN)=C1\N(C)c2ccc(C#N)cc2N1CC(=O)O. The van der Waals surface area contributed by atoms with Crippen molar-refractivity contribution in [1.29, 1.82) is 5.26 Å². The largest absolute Gasteiger partial charge is 0.691 e. The van der Waals surface area contributed by atoms with E-state index in [1.54, 1.807) is 42.3 Å². The molecular formula is C29H22ClF3N6O5S. The second-order valence-corrected chi connectivity index (χ2v) is 10.4. The van der Waals surface area contributed by atoms with E-state index in [0.29, 0.717) is 42.0 Å². The summed E-state index contributed by atoms with van der Waals surface area (Å²) in [6.07, 6.45) is -0.584. The molecular weight excluding hydrogens is 637 g/mol. The topological polar surface area (TPSA) is 144 Å². The van der Waals surface area contributed by atoms with Gasteiger partial charge in [-0.2, -0.15) is 22.8 Å². The molecule has 0 fully saturated rings. The molecule has 11 nitrogen and oxygen atoms in total. The first-order valence-electron chi connectivity index (χ1n) is 12.8. The maximum absolute atomic E-state index is 13.7. The van der Waals surface area contributed by atoms with Crippen molar-refractivity contribution in [3.63, 3.8) is 0 Å². The lowest BCUT2D eigenvalue weighted by Crippen LogP contribution is -2.32. The molecule has 2 aromatic carbocycles. The Morgan fingerprint density at radius 2 is 2.04 bits per heavy atom. The van der Waals surface area contributed by atoms with Crippen LogP contribution in [-0.4, -0.2) is 29.2 Å². The number of benzene rings is 2. The summed E-state index contributed by atoms with van der Waals surface area (Å²) < 4.78 is 47.7. The number of carbonyl (C=O) groups is 1. The van der Waals surface area contributed by atoms with E-state index < -0.39 is 22.7 Å². The second kappa shape index (κ2) is 13.9. The van der Waals surface area contributed by atoms with E-state index in [1.807, 2.05) is 11.8 Å². The van der Waals surface area contributed by atoms with Gasteiger partial charge in [0.25, 0.3) is 0 Å². The first-order chi connectivity index (χ1) is 21.4. The van der Waals surface area contributed by atoms with E-state index in [0.717, 1.165) is 23.4 Å². The molecule has 0 bridgehead atoms. The third-order valence-electron chi connectivity index (χ3n) is 6.70. The first-order valence-corrected chi connectivity index (χ1v) is 13.9. The molecule has 1 aromatic heterocycles. The maximum Gasteiger partial charge on any atom is 0.418 e. The first kappa shape index (κ1) is 33.1. The molecule has 0 spiro atoms. The van der Waals surface area contributed by atoms with Gasteiger partial charge in [0, 0.05) is 30.5 Å². The highest BCUT2D eigenvalue weighted by molar-refractivity contribution is 7.99. The van der Waals surface area contributed by atoms with E-state index in [-0.39, 0.29) is 23.4 Å². The van der Waals surface area contributed by atoms with Gasteiger partial charge >= 0.3 is 18.0 Å². The van der Waals surface area contributed by atoms with Gasteiger partial charge in [-0.25, -0.2) is 0 Å². The van der Waals surface area contributed by atoms with Crippen LogP contribution in [-0.2, 0) is 20.3 Å². The smallest absolute Gasteiger partial charge is 0.418 e. The molecule has 3 aromatic rings. The summed E-state index contributed by atoms with van der Waals surface area (Å²) in [7, 11) is 1.80. The van der Waals surface area contributed by atoms with Crippen LogP contribution in [0.5, 0.6) is 0 Å². The minimum Gasteiger partial charge on any atom is -0.691 e. The summed E-state index contributed by atoms with van der Waals surface area (Å²) in [5, 5.41) is 34.2. The average Bonchev–Trinajstić information content (AvgIpc) is 3.41. The highest BCUT2D eigenvalue weighted by atomic mass is 35.5. The molecule has 232 valence electrons. The maximum atomic E-state index is 13.7. The van der Waals surface area contributed by atoms with Gasteiger partial charge in [-0.1, -0.05) is 17.7 Å². The van der Waals surface area contributed by atoms with Crippen LogP contribution < -0.4 is 25.4 Å². The van der Waals surface area contributed by atoms with Crippen LogP contribution in [0.15, 0.2) is 47.8 Å². The summed E-state index contributed by atoms with van der Waals surface area (Å²) in [6, 6.07) is 16.5. The Labute approximate surface area is 264 Å². The number of alkyl halides is 3. The van der Waals surface area contributed by atoms with Crippen molar-refractivity contribution in [2.75, 3.05) is 23.4 Å². The molecule has 0 saturated carbocycles. The highest BCUT2D eigenvalue weighted by Gasteiger charge is 2.36. The third-order valence-corrected chi connectivity index (χ3v) is 7.32. The predicted octanol–water partition coefficient (Wildman–Crippen LogP) is 3.90. The van der Waals surface area contributed by atoms with Gasteiger partial charge in [-0.3, -0.25) is 9.83 Å². The number of aliphatic carboxylic acids is 1. The Bertz CT molecular complexity index is 1900. The zero-order valence-electron chi connectivity index (χ0n) is 23.5. The summed E-state index contributed by atoms with van der Waals surface area (Å²) in [4.78, 5) is 15.2. The van der Waals surface area contributed by atoms with Gasteiger partial charge < -0.3 is 25.9 Å². The van der Waals surface area contributed by atoms with Gasteiger partial charge in [0.1, 0.15) is 36.5 Å². The van der Waals surface area contributed by atoms with Gasteiger partial charge in [0.15, 0.2) is 11.0 Å². The molecule has 0 saturated heterocycles. The number of nitrogens with zero attached hydrogens (tertiary/aromatic N) is 5. The Morgan fingerprint density at radius 1 is 1.29 bits per heavy atom. The summed E-state index contributed by atoms with van der Waals surface area (Å²) >= 11 is 6.29. The van der Waals surface area contributed by atoms with Crippen LogP contribution in [0.4, 0.5) is 24.5 Å². The number of hydrogen-bond acceptors (Lipinski definition) is 9. The minimum absolute atomic E-state index is 0.00467. The molecule has 16 heteroatoms. The fraction of sp³-hybridized carbons (Fsp3) is 0.207. The molecule has 3 N–H and O–H groups in total. The normalized spacial score (nSPS) is 13.7. The summed E-state index contributed by atoms with van der Waals surface area (Å²) in [6.45, 7) is 1.52. The number of rotatable bonds is 8. The van der Waals surface area contributed by atoms with E-state index in [4.69, 9.17) is 17.3 Å². The van der Waals surface area contributed by atoms with Crippen LogP contribution in [0.1, 0.15) is 36.7 Å². The number of carboxylic acid groups (broad SMARTS) is 1. The number of halogens is 4. The Balaban J connectivity index is 1.74. The number of anilines is 2. The molecule has 1 aliphatic heterocycles. The molecule has 1 aliphatic rings. The third kappa shape index (κ3) is 6.97. The van der Waals surface area contributed by atoms with E-state index >= 15 is 0 Å². The number of hydrogen-bond donors (Lipinski definition) is 2. The average molecular weight is 659 g/mol. The Morgan fingerprint density at radius 3 is 2.69 bits per heavy atom. The lowest BCUT2D eigenvalue weighted by atomic mass is 10.1. The van der Waals surface area contributed by atoms with Gasteiger partial charge in [-0.15, -0.1) is 9.13 Å². The number of allylic oxidation sites excluding steroid dienone is 2. The van der Waals surface area contributed by atoms with E-state index in [1.165, 1.54) is 9.13 Å². The van der Waals surface area contributed by atoms with Crippen molar-refractivity contribution in [3.05, 3.63) is 69.8 Å². The number of aromatic nitrogens is 2. The van der Waals surface area contributed by atoms with Crippen molar-refractivity contribution < 1.29 is 42.3 Å². The number of imidazole rings is 1. The highest BCUT2D eigenvalue weighted by Crippen LogP contribution is 2.43. The van der Waals surface area contributed by atoms with Crippen molar-refractivity contribution in [2.45, 2.75) is 25.9 Å². The van der Waals surface area contributed by atoms with Crippen LogP contribution in [0.25, 0.3) is 17.1 Å². The number of fused-ring (bicyclic) bond motifs is 2. The van der Waals surface area contributed by atoms with Gasteiger partial charge in [-0.05, 0) is 43.5 Å². The second-order valence-electron chi connectivity index (χ2n) is 9.44. The van der Waals surface area contributed by atoms with Crippen LogP contribution in [0.3, 0.4) is 0 Å². The molecule has 45 heavy (non-hydrogen) atoms. The van der Waals surface area contributed by atoms with Gasteiger partial charge in [0.05, 0.1) is 39.6 Å². The lowest BCUT2D eigenvalue weighted by Gasteiger charge is -2.24. The molecule has 0 unspecified atom stereocenters. The Hall–Kier alpha value is -4.82. The van der Waals surface area contributed by atoms with E-state index in [9.17, 15) is 33.6 Å². The van der Waals surface area contributed by atoms with Crippen molar-refractivity contribution in [3.8, 4) is 29.5 Å². The molecule has 0 radical (unpaired) electrons. The van der Waals surface area contributed by atoms with Crippen molar-refractivity contribution in [2.24, 2.45) is 5.73 Å². The van der Waals surface area contributed by atoms with E-state index in [2.05, 4.69) is 38.8 Å². The monoisotopic (exact) mass is 658 g/mol. The summed E-state index contributed by atoms with van der Waals surface area (Å²) in [5.74, 6) is -0.198. The van der Waals surface area contributed by atoms with Crippen LogP contribution in [0, 0.1) is 34.7 Å². The quantitative estimate of drug-likeness (QED) is 0.0696.